The van der Waals surface area contributed by atoms with Crippen LogP contribution < -0.4 is 0 Å². The Morgan fingerprint density at radius 3 is 2.29 bits per heavy atom. The van der Waals surface area contributed by atoms with E-state index in [-0.39, 0.29) is 6.04 Å². The van der Waals surface area contributed by atoms with Gasteiger partial charge in [-0.1, -0.05) is 38.0 Å². The molecule has 1 fully saturated rings. The Hall–Kier alpha value is -0.910. The SMILES string of the molecule is CCCN(CCC)CC1CCCCN1S(=O)(=O)c1ccc(C)cc1. The Labute approximate surface area is 147 Å². The van der Waals surface area contributed by atoms with Crippen molar-refractivity contribution < 1.29 is 8.42 Å². The molecule has 0 bridgehead atoms. The van der Waals surface area contributed by atoms with Gasteiger partial charge in [0.25, 0.3) is 0 Å². The van der Waals surface area contributed by atoms with Crippen molar-refractivity contribution in [2.45, 2.75) is 63.8 Å². The van der Waals surface area contributed by atoms with Crippen molar-refractivity contribution >= 4 is 10.0 Å². The van der Waals surface area contributed by atoms with E-state index in [4.69, 9.17) is 0 Å². The summed E-state index contributed by atoms with van der Waals surface area (Å²) in [5.74, 6) is 0. The van der Waals surface area contributed by atoms with Crippen molar-refractivity contribution in [3.05, 3.63) is 29.8 Å². The predicted octanol–water partition coefficient (Wildman–Crippen LogP) is 3.66. The van der Waals surface area contributed by atoms with Crippen LogP contribution in [0.2, 0.25) is 0 Å². The topological polar surface area (TPSA) is 40.6 Å². The van der Waals surface area contributed by atoms with Crippen molar-refractivity contribution in [2.75, 3.05) is 26.2 Å². The molecule has 0 radical (unpaired) electrons. The lowest BCUT2D eigenvalue weighted by molar-refractivity contribution is 0.168. The minimum absolute atomic E-state index is 0.100. The molecular formula is C19H32N2O2S. The second-order valence-corrected chi connectivity index (χ2v) is 8.77. The summed E-state index contributed by atoms with van der Waals surface area (Å²) in [7, 11) is -3.40. The van der Waals surface area contributed by atoms with Crippen LogP contribution in [0.15, 0.2) is 29.2 Å². The van der Waals surface area contributed by atoms with Crippen LogP contribution in [0.3, 0.4) is 0 Å². The molecule has 0 spiro atoms. The van der Waals surface area contributed by atoms with Crippen LogP contribution in [-0.2, 0) is 10.0 Å². The highest BCUT2D eigenvalue weighted by atomic mass is 32.2. The van der Waals surface area contributed by atoms with Gasteiger partial charge in [0.15, 0.2) is 0 Å². The monoisotopic (exact) mass is 352 g/mol. The Kier molecular flexibility index (Phi) is 7.26. The standard InChI is InChI=1S/C19H32N2O2S/c1-4-13-20(14-5-2)16-18-8-6-7-15-21(18)24(22,23)19-11-9-17(3)10-12-19/h9-12,18H,4-8,13-16H2,1-3H3. The Morgan fingerprint density at radius 2 is 1.71 bits per heavy atom. The number of benzene rings is 1. The van der Waals surface area contributed by atoms with Gasteiger partial charge in [0.2, 0.25) is 10.0 Å². The lowest BCUT2D eigenvalue weighted by Crippen LogP contribution is -2.49. The van der Waals surface area contributed by atoms with Gasteiger partial charge in [-0.05, 0) is 57.8 Å². The van der Waals surface area contributed by atoms with Crippen molar-refractivity contribution in [3.8, 4) is 0 Å². The number of hydrogen-bond acceptors (Lipinski definition) is 3. The van der Waals surface area contributed by atoms with Gasteiger partial charge in [-0.3, -0.25) is 0 Å². The fraction of sp³-hybridized carbons (Fsp3) is 0.684. The number of piperidine rings is 1. The molecule has 1 heterocycles. The molecule has 1 aromatic rings. The number of sulfonamides is 1. The first-order valence-corrected chi connectivity index (χ1v) is 10.7. The molecule has 0 N–H and O–H groups in total. The minimum Gasteiger partial charge on any atom is -0.302 e. The van der Waals surface area contributed by atoms with Crippen molar-refractivity contribution in [3.63, 3.8) is 0 Å². The van der Waals surface area contributed by atoms with Crippen molar-refractivity contribution in [1.82, 2.24) is 9.21 Å². The molecule has 1 aliphatic heterocycles. The molecule has 24 heavy (non-hydrogen) atoms. The minimum atomic E-state index is -3.40. The fourth-order valence-electron chi connectivity index (χ4n) is 3.54. The van der Waals surface area contributed by atoms with Crippen LogP contribution in [0.1, 0.15) is 51.5 Å². The summed E-state index contributed by atoms with van der Waals surface area (Å²) in [6.45, 7) is 9.94. The molecule has 0 aliphatic carbocycles. The summed E-state index contributed by atoms with van der Waals surface area (Å²) in [4.78, 5) is 2.85. The zero-order chi connectivity index (χ0) is 17.6. The van der Waals surface area contributed by atoms with E-state index in [9.17, 15) is 8.42 Å². The van der Waals surface area contributed by atoms with E-state index < -0.39 is 10.0 Å². The summed E-state index contributed by atoms with van der Waals surface area (Å²) in [6, 6.07) is 7.35. The number of aryl methyl sites for hydroxylation is 1. The van der Waals surface area contributed by atoms with E-state index >= 15 is 0 Å². The van der Waals surface area contributed by atoms with Gasteiger partial charge in [-0.15, -0.1) is 0 Å². The molecule has 136 valence electrons. The lowest BCUT2D eigenvalue weighted by Gasteiger charge is -2.37. The van der Waals surface area contributed by atoms with Crippen LogP contribution in [0.25, 0.3) is 0 Å². The molecule has 1 aliphatic rings. The third-order valence-corrected chi connectivity index (χ3v) is 6.72. The molecule has 1 aromatic carbocycles. The Balaban J connectivity index is 2.19. The molecule has 0 aromatic heterocycles. The maximum absolute atomic E-state index is 13.1. The summed E-state index contributed by atoms with van der Waals surface area (Å²) in [5, 5.41) is 0. The zero-order valence-electron chi connectivity index (χ0n) is 15.4. The van der Waals surface area contributed by atoms with Crippen molar-refractivity contribution in [2.24, 2.45) is 0 Å². The highest BCUT2D eigenvalue weighted by Crippen LogP contribution is 2.26. The second-order valence-electron chi connectivity index (χ2n) is 6.88. The van der Waals surface area contributed by atoms with E-state index in [2.05, 4.69) is 18.7 Å². The van der Waals surface area contributed by atoms with Crippen LogP contribution in [0, 0.1) is 6.92 Å². The van der Waals surface area contributed by atoms with Gasteiger partial charge < -0.3 is 4.90 Å². The summed E-state index contributed by atoms with van der Waals surface area (Å²) in [6.07, 6.45) is 5.27. The molecule has 1 saturated heterocycles. The summed E-state index contributed by atoms with van der Waals surface area (Å²) < 4.78 is 28.0. The van der Waals surface area contributed by atoms with Gasteiger partial charge in [-0.2, -0.15) is 4.31 Å². The zero-order valence-corrected chi connectivity index (χ0v) is 16.2. The highest BCUT2D eigenvalue weighted by molar-refractivity contribution is 7.89. The van der Waals surface area contributed by atoms with Crippen LogP contribution in [0.5, 0.6) is 0 Å². The Morgan fingerprint density at radius 1 is 1.08 bits per heavy atom. The average Bonchev–Trinajstić information content (AvgIpc) is 2.56. The van der Waals surface area contributed by atoms with E-state index in [0.717, 1.165) is 57.3 Å². The third kappa shape index (κ3) is 4.80. The van der Waals surface area contributed by atoms with Crippen LogP contribution in [0.4, 0.5) is 0 Å². The van der Waals surface area contributed by atoms with Gasteiger partial charge in [0, 0.05) is 19.1 Å². The average molecular weight is 353 g/mol. The first-order chi connectivity index (χ1) is 11.5. The molecule has 5 heteroatoms. The van der Waals surface area contributed by atoms with Gasteiger partial charge in [-0.25, -0.2) is 8.42 Å². The maximum Gasteiger partial charge on any atom is 0.243 e. The van der Waals surface area contributed by atoms with Crippen molar-refractivity contribution in [1.29, 1.82) is 0 Å². The smallest absolute Gasteiger partial charge is 0.243 e. The van der Waals surface area contributed by atoms with Gasteiger partial charge in [0.1, 0.15) is 0 Å². The first kappa shape index (κ1) is 19.4. The lowest BCUT2D eigenvalue weighted by atomic mass is 10.0. The summed E-state index contributed by atoms with van der Waals surface area (Å²) in [5.41, 5.74) is 1.08. The van der Waals surface area contributed by atoms with Crippen LogP contribution >= 0.6 is 0 Å². The van der Waals surface area contributed by atoms with Gasteiger partial charge in [0.05, 0.1) is 4.90 Å². The molecular weight excluding hydrogens is 320 g/mol. The molecule has 1 unspecified atom stereocenters. The molecule has 4 nitrogen and oxygen atoms in total. The van der Waals surface area contributed by atoms with Crippen LogP contribution in [-0.4, -0.2) is 49.8 Å². The second kappa shape index (κ2) is 8.97. The molecule has 1 atom stereocenters. The predicted molar refractivity (Wildman–Crippen MR) is 99.7 cm³/mol. The van der Waals surface area contributed by atoms with E-state index in [0.29, 0.717) is 11.4 Å². The third-order valence-electron chi connectivity index (χ3n) is 4.75. The van der Waals surface area contributed by atoms with E-state index in [1.54, 1.807) is 16.4 Å². The molecule has 2 rings (SSSR count). The largest absolute Gasteiger partial charge is 0.302 e. The molecule has 0 amide bonds. The maximum atomic E-state index is 13.1. The van der Waals surface area contributed by atoms with E-state index in [1.165, 1.54) is 0 Å². The summed E-state index contributed by atoms with van der Waals surface area (Å²) >= 11 is 0. The fourth-order valence-corrected chi connectivity index (χ4v) is 5.23. The number of hydrogen-bond donors (Lipinski definition) is 0. The number of nitrogens with zero attached hydrogens (tertiary/aromatic N) is 2. The quantitative estimate of drug-likeness (QED) is 0.717. The Bertz CT molecular complexity index is 592. The molecule has 0 saturated carbocycles. The first-order valence-electron chi connectivity index (χ1n) is 9.30. The normalized spacial score (nSPS) is 19.8. The highest BCUT2D eigenvalue weighted by Gasteiger charge is 2.34. The van der Waals surface area contributed by atoms with E-state index in [1.807, 2.05) is 19.1 Å². The van der Waals surface area contributed by atoms with Gasteiger partial charge >= 0.3 is 0 Å². The number of rotatable bonds is 8.